The van der Waals surface area contributed by atoms with Crippen molar-refractivity contribution in [2.24, 2.45) is 5.92 Å². The monoisotopic (exact) mass is 270 g/mol. The van der Waals surface area contributed by atoms with Crippen LogP contribution in [0.25, 0.3) is 0 Å². The van der Waals surface area contributed by atoms with Gasteiger partial charge < -0.3 is 0 Å². The number of benzene rings is 1. The van der Waals surface area contributed by atoms with Crippen LogP contribution in [0, 0.1) is 5.92 Å². The highest BCUT2D eigenvalue weighted by molar-refractivity contribution is 5.17. The van der Waals surface area contributed by atoms with Gasteiger partial charge in [-0.15, -0.1) is 0 Å². The molecule has 2 heteroatoms. The van der Waals surface area contributed by atoms with Gasteiger partial charge in [0.25, 0.3) is 0 Å². The van der Waals surface area contributed by atoms with E-state index in [2.05, 4.69) is 59.4 Å². The van der Waals surface area contributed by atoms with Crippen LogP contribution < -0.4 is 0 Å². The Bertz CT molecular complexity index is 501. The van der Waals surface area contributed by atoms with E-state index in [1.165, 1.54) is 30.4 Å². The average Bonchev–Trinajstić information content (AvgIpc) is 3.11. The molecule has 2 unspecified atom stereocenters. The maximum atomic E-state index is 4.50. The molecule has 1 fully saturated rings. The Morgan fingerprint density at radius 1 is 1.15 bits per heavy atom. The Morgan fingerprint density at radius 2 is 1.90 bits per heavy atom. The minimum absolute atomic E-state index is 0.740. The van der Waals surface area contributed by atoms with Crippen molar-refractivity contribution in [3.63, 3.8) is 0 Å². The highest BCUT2D eigenvalue weighted by Crippen LogP contribution is 2.37. The van der Waals surface area contributed by atoms with Crippen molar-refractivity contribution < 1.29 is 0 Å². The lowest BCUT2D eigenvalue weighted by Crippen LogP contribution is -1.99. The van der Waals surface area contributed by atoms with E-state index >= 15 is 0 Å². The molecular formula is C18H26N2. The van der Waals surface area contributed by atoms with Gasteiger partial charge in [-0.3, -0.25) is 4.68 Å². The molecule has 108 valence electrons. The SMILES string of the molecule is CC.CC1CCC(c2cnn(Cc3ccccc3)c2)C1. The molecule has 2 aromatic rings. The molecule has 20 heavy (non-hydrogen) atoms. The predicted molar refractivity (Wildman–Crippen MR) is 84.9 cm³/mol. The second-order valence-corrected chi connectivity index (χ2v) is 5.57. The topological polar surface area (TPSA) is 17.8 Å². The maximum absolute atomic E-state index is 4.50. The summed E-state index contributed by atoms with van der Waals surface area (Å²) < 4.78 is 2.06. The summed E-state index contributed by atoms with van der Waals surface area (Å²) in [4.78, 5) is 0. The molecule has 0 N–H and O–H groups in total. The Kier molecular flexibility index (Phi) is 5.40. The van der Waals surface area contributed by atoms with Gasteiger partial charge in [-0.2, -0.15) is 5.10 Å². The molecule has 3 rings (SSSR count). The molecular weight excluding hydrogens is 244 g/mol. The van der Waals surface area contributed by atoms with Crippen LogP contribution in [0.4, 0.5) is 0 Å². The second-order valence-electron chi connectivity index (χ2n) is 5.57. The number of rotatable bonds is 3. The zero-order valence-corrected chi connectivity index (χ0v) is 12.9. The molecule has 0 saturated heterocycles. The molecule has 0 aliphatic heterocycles. The van der Waals surface area contributed by atoms with Gasteiger partial charge in [-0.25, -0.2) is 0 Å². The van der Waals surface area contributed by atoms with Crippen LogP contribution >= 0.6 is 0 Å². The van der Waals surface area contributed by atoms with Gasteiger partial charge in [-0.1, -0.05) is 57.5 Å². The largest absolute Gasteiger partial charge is 0.268 e. The van der Waals surface area contributed by atoms with Crippen molar-refractivity contribution in [1.29, 1.82) is 0 Å². The van der Waals surface area contributed by atoms with E-state index in [9.17, 15) is 0 Å². The molecule has 2 atom stereocenters. The fourth-order valence-electron chi connectivity index (χ4n) is 2.96. The van der Waals surface area contributed by atoms with Gasteiger partial charge in [0, 0.05) is 6.20 Å². The van der Waals surface area contributed by atoms with Crippen molar-refractivity contribution in [3.05, 3.63) is 53.9 Å². The normalized spacial score (nSPS) is 21.4. The van der Waals surface area contributed by atoms with Crippen LogP contribution in [0.1, 0.15) is 57.1 Å². The summed E-state index contributed by atoms with van der Waals surface area (Å²) in [5.41, 5.74) is 2.74. The van der Waals surface area contributed by atoms with Gasteiger partial charge in [0.05, 0.1) is 12.7 Å². The van der Waals surface area contributed by atoms with Crippen molar-refractivity contribution >= 4 is 0 Å². The number of nitrogens with zero attached hydrogens (tertiary/aromatic N) is 2. The summed E-state index contributed by atoms with van der Waals surface area (Å²) in [7, 11) is 0. The van der Waals surface area contributed by atoms with Crippen LogP contribution in [-0.4, -0.2) is 9.78 Å². The first-order chi connectivity index (χ1) is 9.81. The van der Waals surface area contributed by atoms with Gasteiger partial charge in [0.15, 0.2) is 0 Å². The van der Waals surface area contributed by atoms with E-state index in [0.29, 0.717) is 0 Å². The zero-order valence-electron chi connectivity index (χ0n) is 12.9. The first kappa shape index (κ1) is 14.8. The lowest BCUT2D eigenvalue weighted by Gasteiger charge is -2.05. The molecule has 0 spiro atoms. The van der Waals surface area contributed by atoms with Crippen molar-refractivity contribution in [1.82, 2.24) is 9.78 Å². The minimum Gasteiger partial charge on any atom is -0.268 e. The quantitative estimate of drug-likeness (QED) is 0.778. The maximum Gasteiger partial charge on any atom is 0.0659 e. The molecule has 1 aliphatic carbocycles. The fraction of sp³-hybridized carbons (Fsp3) is 0.500. The molecule has 0 radical (unpaired) electrons. The molecule has 1 aromatic carbocycles. The standard InChI is InChI=1S/C16H20N2.C2H6/c1-13-7-8-15(9-13)16-10-17-18(12-16)11-14-5-3-2-4-6-14;1-2/h2-6,10,12-13,15H,7-9,11H2,1H3;1-2H3. The average molecular weight is 270 g/mol. The lowest BCUT2D eigenvalue weighted by atomic mass is 10.0. The molecule has 0 amide bonds. The fourth-order valence-corrected chi connectivity index (χ4v) is 2.96. The highest BCUT2D eigenvalue weighted by atomic mass is 15.3. The van der Waals surface area contributed by atoms with Gasteiger partial charge in [-0.05, 0) is 35.8 Å². The number of hydrogen-bond donors (Lipinski definition) is 0. The van der Waals surface area contributed by atoms with Gasteiger partial charge in [0.1, 0.15) is 0 Å². The van der Waals surface area contributed by atoms with E-state index < -0.39 is 0 Å². The zero-order chi connectivity index (χ0) is 14.4. The molecule has 1 saturated carbocycles. The number of hydrogen-bond acceptors (Lipinski definition) is 1. The van der Waals surface area contributed by atoms with Gasteiger partial charge in [0.2, 0.25) is 0 Å². The lowest BCUT2D eigenvalue weighted by molar-refractivity contribution is 0.596. The third-order valence-corrected chi connectivity index (χ3v) is 4.01. The number of aromatic nitrogens is 2. The van der Waals surface area contributed by atoms with Gasteiger partial charge >= 0.3 is 0 Å². The Hall–Kier alpha value is -1.57. The summed E-state index contributed by atoms with van der Waals surface area (Å²) in [5, 5.41) is 4.50. The first-order valence-electron chi connectivity index (χ1n) is 7.87. The van der Waals surface area contributed by atoms with Crippen LogP contribution in [-0.2, 0) is 6.54 Å². The van der Waals surface area contributed by atoms with E-state index in [0.717, 1.165) is 18.4 Å². The van der Waals surface area contributed by atoms with Crippen LogP contribution in [0.15, 0.2) is 42.7 Å². The molecule has 2 nitrogen and oxygen atoms in total. The third-order valence-electron chi connectivity index (χ3n) is 4.01. The van der Waals surface area contributed by atoms with E-state index in [4.69, 9.17) is 0 Å². The van der Waals surface area contributed by atoms with Crippen LogP contribution in [0.3, 0.4) is 0 Å². The van der Waals surface area contributed by atoms with E-state index in [1.54, 1.807) is 0 Å². The Labute approximate surface area is 122 Å². The third kappa shape index (κ3) is 3.72. The summed E-state index contributed by atoms with van der Waals surface area (Å²) in [6.45, 7) is 7.23. The Morgan fingerprint density at radius 3 is 2.55 bits per heavy atom. The first-order valence-corrected chi connectivity index (χ1v) is 7.87. The summed E-state index contributed by atoms with van der Waals surface area (Å²) in [6, 6.07) is 10.5. The summed E-state index contributed by atoms with van der Waals surface area (Å²) in [5.74, 6) is 1.62. The minimum atomic E-state index is 0.740. The van der Waals surface area contributed by atoms with Crippen molar-refractivity contribution in [2.45, 2.75) is 52.5 Å². The summed E-state index contributed by atoms with van der Waals surface area (Å²) in [6.07, 6.45) is 8.32. The highest BCUT2D eigenvalue weighted by Gasteiger charge is 2.23. The van der Waals surface area contributed by atoms with Crippen LogP contribution in [0.2, 0.25) is 0 Å². The summed E-state index contributed by atoms with van der Waals surface area (Å²) >= 11 is 0. The molecule has 0 bridgehead atoms. The van der Waals surface area contributed by atoms with Crippen molar-refractivity contribution in [2.75, 3.05) is 0 Å². The smallest absolute Gasteiger partial charge is 0.0659 e. The molecule has 1 aliphatic rings. The van der Waals surface area contributed by atoms with Crippen molar-refractivity contribution in [3.8, 4) is 0 Å². The Balaban J connectivity index is 0.000000704. The second kappa shape index (κ2) is 7.28. The van der Waals surface area contributed by atoms with E-state index in [-0.39, 0.29) is 0 Å². The van der Waals surface area contributed by atoms with Crippen LogP contribution in [0.5, 0.6) is 0 Å². The predicted octanol–water partition coefficient (Wildman–Crippen LogP) is 4.86. The molecule has 1 heterocycles. The molecule has 1 aromatic heterocycles. The van der Waals surface area contributed by atoms with E-state index in [1.807, 2.05) is 13.8 Å².